The largest absolute Gasteiger partial charge is 0.488 e. The fourth-order valence-electron chi connectivity index (χ4n) is 2.75. The lowest BCUT2D eigenvalue weighted by molar-refractivity contribution is 0.0921. The fraction of sp³-hybridized carbons (Fsp3) is 0.154. The summed E-state index contributed by atoms with van der Waals surface area (Å²) in [5.74, 6) is 0.827. The zero-order valence-electron chi connectivity index (χ0n) is 17.6. The van der Waals surface area contributed by atoms with Crippen LogP contribution in [0, 0.1) is 52.8 Å². The molecular weight excluding hydrogens is 439 g/mol. The van der Waals surface area contributed by atoms with E-state index in [0.29, 0.717) is 23.5 Å². The van der Waals surface area contributed by atoms with Crippen LogP contribution in [0.2, 0.25) is 0 Å². The molecule has 0 radical (unpaired) electrons. The first-order valence-corrected chi connectivity index (χ1v) is 9.71. The smallest absolute Gasteiger partial charge is 0.200 e. The number of ether oxygens (including phenoxy) is 2. The Bertz CT molecular complexity index is 1230. The quantitative estimate of drug-likeness (QED) is 0.220. The van der Waals surface area contributed by atoms with Gasteiger partial charge < -0.3 is 9.47 Å². The second kappa shape index (κ2) is 10.7. The lowest BCUT2D eigenvalue weighted by Crippen LogP contribution is -2.17. The summed E-state index contributed by atoms with van der Waals surface area (Å²) in [5, 5.41) is 0. The van der Waals surface area contributed by atoms with E-state index >= 15 is 0 Å². The second-order valence-corrected chi connectivity index (χ2v) is 6.93. The van der Waals surface area contributed by atoms with Crippen LogP contribution in [0.3, 0.4) is 0 Å². The van der Waals surface area contributed by atoms with Gasteiger partial charge >= 0.3 is 0 Å². The van der Waals surface area contributed by atoms with Gasteiger partial charge in [0.25, 0.3) is 0 Å². The summed E-state index contributed by atoms with van der Waals surface area (Å²) in [7, 11) is 1.60. The number of methoxy groups -OCH3 is 1. The molecule has 0 aliphatic heterocycles. The van der Waals surface area contributed by atoms with Crippen LogP contribution in [-0.2, 0) is 4.74 Å². The number of benzene rings is 3. The average molecular weight is 456 g/mol. The highest BCUT2D eigenvalue weighted by molar-refractivity contribution is 5.49. The monoisotopic (exact) mass is 456 g/mol. The van der Waals surface area contributed by atoms with E-state index in [-0.39, 0.29) is 6.10 Å². The highest BCUT2D eigenvalue weighted by atomic mass is 19.2. The maximum atomic E-state index is 13.7. The lowest BCUT2D eigenvalue weighted by Gasteiger charge is -2.13. The van der Waals surface area contributed by atoms with E-state index in [9.17, 15) is 22.0 Å². The number of halogens is 5. The summed E-state index contributed by atoms with van der Waals surface area (Å²) in [5.41, 5.74) is 0.540. The van der Waals surface area contributed by atoms with E-state index in [2.05, 4.69) is 17.8 Å². The molecule has 1 unspecified atom stereocenters. The lowest BCUT2D eigenvalue weighted by atomic mass is 10.1. The normalized spacial score (nSPS) is 11.1. The van der Waals surface area contributed by atoms with Crippen LogP contribution in [0.5, 0.6) is 5.75 Å². The Kier molecular flexibility index (Phi) is 7.71. The molecule has 0 saturated heterocycles. The van der Waals surface area contributed by atoms with Gasteiger partial charge in [-0.15, -0.1) is 0 Å². The van der Waals surface area contributed by atoms with Gasteiger partial charge in [-0.25, -0.2) is 22.0 Å². The SMILES string of the molecule is COCC(C)Oc1ccc(C#Cc2ccc(C#Cc3c(F)c(F)c(F)c(F)c3F)cc2)cc1. The zero-order valence-corrected chi connectivity index (χ0v) is 17.6. The van der Waals surface area contributed by atoms with Crippen molar-refractivity contribution >= 4 is 0 Å². The van der Waals surface area contributed by atoms with Crippen molar-refractivity contribution in [3.8, 4) is 29.4 Å². The topological polar surface area (TPSA) is 18.5 Å². The molecule has 2 nitrogen and oxygen atoms in total. The maximum Gasteiger partial charge on any atom is 0.200 e. The van der Waals surface area contributed by atoms with E-state index < -0.39 is 34.6 Å². The number of hydrogen-bond acceptors (Lipinski definition) is 2. The van der Waals surface area contributed by atoms with Crippen LogP contribution in [0.1, 0.15) is 29.2 Å². The van der Waals surface area contributed by atoms with Gasteiger partial charge in [-0.05, 0) is 55.5 Å². The summed E-state index contributed by atoms with van der Waals surface area (Å²) in [6.45, 7) is 2.37. The van der Waals surface area contributed by atoms with Crippen LogP contribution >= 0.6 is 0 Å². The van der Waals surface area contributed by atoms with E-state index in [0.717, 1.165) is 5.56 Å². The van der Waals surface area contributed by atoms with E-state index in [4.69, 9.17) is 9.47 Å². The van der Waals surface area contributed by atoms with E-state index in [1.165, 1.54) is 12.1 Å². The standard InChI is InChI=1S/C26H17F5O2/c1-16(15-32-2)33-20-12-9-19(10-13-20)8-5-17-3-6-18(7-4-17)11-14-21-22(27)24(29)26(31)25(30)23(21)28/h3-4,6-7,9-10,12-13,16H,15H2,1-2H3. The third-order valence-electron chi connectivity index (χ3n) is 4.37. The number of hydrogen-bond donors (Lipinski definition) is 0. The molecule has 0 spiro atoms. The van der Waals surface area contributed by atoms with Crippen LogP contribution in [-0.4, -0.2) is 19.8 Å². The molecule has 7 heteroatoms. The van der Waals surface area contributed by atoms with Crippen molar-refractivity contribution in [2.45, 2.75) is 13.0 Å². The van der Waals surface area contributed by atoms with E-state index in [1.54, 1.807) is 31.4 Å². The highest BCUT2D eigenvalue weighted by Crippen LogP contribution is 2.22. The summed E-state index contributed by atoms with van der Waals surface area (Å²) < 4.78 is 77.7. The van der Waals surface area contributed by atoms with E-state index in [1.807, 2.05) is 25.0 Å². The Balaban J connectivity index is 1.72. The van der Waals surface area contributed by atoms with Crippen molar-refractivity contribution in [3.63, 3.8) is 0 Å². The first-order chi connectivity index (χ1) is 15.8. The van der Waals surface area contributed by atoms with Crippen LogP contribution in [0.15, 0.2) is 48.5 Å². The molecule has 0 saturated carbocycles. The summed E-state index contributed by atoms with van der Waals surface area (Å²) in [6, 6.07) is 13.5. The molecule has 0 aliphatic rings. The molecule has 0 aliphatic carbocycles. The molecule has 3 rings (SSSR count). The Morgan fingerprint density at radius 3 is 1.48 bits per heavy atom. The molecule has 168 valence electrons. The predicted octanol–water partition coefficient (Wildman–Crippen LogP) is 5.60. The van der Waals surface area contributed by atoms with Gasteiger partial charge in [-0.2, -0.15) is 0 Å². The molecule has 3 aromatic rings. The summed E-state index contributed by atoms with van der Waals surface area (Å²) in [4.78, 5) is 0. The van der Waals surface area contributed by atoms with Gasteiger partial charge in [0.05, 0.1) is 6.61 Å². The fourth-order valence-corrected chi connectivity index (χ4v) is 2.75. The molecule has 0 bridgehead atoms. The summed E-state index contributed by atoms with van der Waals surface area (Å²) in [6.07, 6.45) is -0.0809. The van der Waals surface area contributed by atoms with Crippen molar-refractivity contribution < 1.29 is 31.4 Å². The third-order valence-corrected chi connectivity index (χ3v) is 4.37. The Morgan fingerprint density at radius 1 is 0.636 bits per heavy atom. The van der Waals surface area contributed by atoms with Crippen molar-refractivity contribution in [1.29, 1.82) is 0 Å². The van der Waals surface area contributed by atoms with Crippen molar-refractivity contribution in [2.24, 2.45) is 0 Å². The molecule has 0 aromatic heterocycles. The molecule has 3 aromatic carbocycles. The van der Waals surface area contributed by atoms with Gasteiger partial charge in [-0.3, -0.25) is 0 Å². The average Bonchev–Trinajstić information content (AvgIpc) is 2.82. The zero-order chi connectivity index (χ0) is 24.0. The van der Waals surface area contributed by atoms with Gasteiger partial charge in [0.2, 0.25) is 5.82 Å². The van der Waals surface area contributed by atoms with Crippen molar-refractivity contribution in [3.05, 3.63) is 99.9 Å². The summed E-state index contributed by atoms with van der Waals surface area (Å²) >= 11 is 0. The Labute approximate surface area is 188 Å². The minimum Gasteiger partial charge on any atom is -0.488 e. The van der Waals surface area contributed by atoms with Gasteiger partial charge in [-0.1, -0.05) is 23.7 Å². The Morgan fingerprint density at radius 2 is 1.03 bits per heavy atom. The Hall–Kier alpha value is -3.81. The molecule has 0 N–H and O–H groups in total. The van der Waals surface area contributed by atoms with Crippen molar-refractivity contribution in [1.82, 2.24) is 0 Å². The first-order valence-electron chi connectivity index (χ1n) is 9.71. The maximum absolute atomic E-state index is 13.7. The molecular formula is C26H17F5O2. The molecule has 0 heterocycles. The minimum absolute atomic E-state index is 0.0809. The minimum atomic E-state index is -2.22. The van der Waals surface area contributed by atoms with Crippen LogP contribution < -0.4 is 4.74 Å². The number of rotatable bonds is 4. The second-order valence-electron chi connectivity index (χ2n) is 6.93. The molecule has 33 heavy (non-hydrogen) atoms. The van der Waals surface area contributed by atoms with Gasteiger partial charge in [0.15, 0.2) is 23.3 Å². The van der Waals surface area contributed by atoms with Gasteiger partial charge in [0, 0.05) is 23.8 Å². The van der Waals surface area contributed by atoms with Crippen LogP contribution in [0.25, 0.3) is 0 Å². The predicted molar refractivity (Wildman–Crippen MR) is 113 cm³/mol. The van der Waals surface area contributed by atoms with Crippen LogP contribution in [0.4, 0.5) is 22.0 Å². The first kappa shape index (κ1) is 23.8. The molecule has 1 atom stereocenters. The highest BCUT2D eigenvalue weighted by Gasteiger charge is 2.24. The molecule has 0 fully saturated rings. The third kappa shape index (κ3) is 5.91. The van der Waals surface area contributed by atoms with Gasteiger partial charge in [0.1, 0.15) is 17.4 Å². The van der Waals surface area contributed by atoms with Crippen molar-refractivity contribution in [2.75, 3.05) is 13.7 Å². The molecule has 0 amide bonds.